The molecule has 0 amide bonds. The molecule has 0 aromatic heterocycles. The average molecular weight is 237 g/mol. The van der Waals surface area contributed by atoms with Gasteiger partial charge in [0.2, 0.25) is 0 Å². The molecule has 3 N–H and O–H groups in total. The van der Waals surface area contributed by atoms with Crippen molar-refractivity contribution in [2.75, 3.05) is 6.61 Å². The van der Waals surface area contributed by atoms with Crippen molar-refractivity contribution < 1.29 is 14.6 Å². The van der Waals surface area contributed by atoms with Crippen molar-refractivity contribution in [2.45, 2.75) is 32.7 Å². The quantitative estimate of drug-likeness (QED) is 0.766. The molecule has 1 aliphatic heterocycles. The van der Waals surface area contributed by atoms with Gasteiger partial charge in [0.15, 0.2) is 0 Å². The first-order valence-corrected chi connectivity index (χ1v) is 5.90. The highest BCUT2D eigenvalue weighted by molar-refractivity contribution is 5.68. The molecule has 2 rings (SSSR count). The maximum Gasteiger partial charge on any atom is 0.303 e. The smallest absolute Gasteiger partial charge is 0.303 e. The first kappa shape index (κ1) is 12.2. The molecule has 1 aliphatic carbocycles. The molecule has 0 aromatic rings. The van der Waals surface area contributed by atoms with Gasteiger partial charge in [-0.1, -0.05) is 13.8 Å². The number of nitrogens with two attached hydrogens (primary N) is 1. The number of hydrogen-bond donors (Lipinski definition) is 2. The van der Waals surface area contributed by atoms with E-state index in [0.717, 1.165) is 17.6 Å². The number of hydrogen-bond acceptors (Lipinski definition) is 3. The van der Waals surface area contributed by atoms with E-state index in [1.165, 1.54) is 0 Å². The van der Waals surface area contributed by atoms with E-state index < -0.39 is 5.97 Å². The van der Waals surface area contributed by atoms with Crippen molar-refractivity contribution in [3.8, 4) is 0 Å². The fraction of sp³-hybridized carbons (Fsp3) is 0.615. The zero-order valence-electron chi connectivity index (χ0n) is 10.3. The summed E-state index contributed by atoms with van der Waals surface area (Å²) in [6.45, 7) is 4.64. The molecule has 2 aliphatic rings. The summed E-state index contributed by atoms with van der Waals surface area (Å²) >= 11 is 0. The Morgan fingerprint density at radius 1 is 1.65 bits per heavy atom. The van der Waals surface area contributed by atoms with Crippen LogP contribution in [0.2, 0.25) is 0 Å². The van der Waals surface area contributed by atoms with Gasteiger partial charge < -0.3 is 15.6 Å². The highest BCUT2D eigenvalue weighted by Gasteiger charge is 2.41. The molecule has 4 nitrogen and oxygen atoms in total. The lowest BCUT2D eigenvalue weighted by Crippen LogP contribution is -2.43. The van der Waals surface area contributed by atoms with Crippen molar-refractivity contribution in [1.29, 1.82) is 0 Å². The van der Waals surface area contributed by atoms with Crippen LogP contribution in [0.25, 0.3) is 0 Å². The van der Waals surface area contributed by atoms with Crippen LogP contribution in [0, 0.1) is 11.3 Å². The fourth-order valence-corrected chi connectivity index (χ4v) is 2.98. The average Bonchev–Trinajstić information content (AvgIpc) is 2.23. The lowest BCUT2D eigenvalue weighted by Gasteiger charge is -2.44. The number of ether oxygens (including phenoxy) is 1. The zero-order chi connectivity index (χ0) is 12.6. The van der Waals surface area contributed by atoms with Crippen molar-refractivity contribution in [2.24, 2.45) is 17.1 Å². The predicted molar refractivity (Wildman–Crippen MR) is 64.2 cm³/mol. The number of carboxylic acid groups (broad SMARTS) is 1. The molecule has 0 aromatic carbocycles. The summed E-state index contributed by atoms with van der Waals surface area (Å²) < 4.78 is 5.31. The second kappa shape index (κ2) is 4.18. The molecule has 2 atom stereocenters. The lowest BCUT2D eigenvalue weighted by atomic mass is 9.63. The molecule has 0 spiro atoms. The normalized spacial score (nSPS) is 30.8. The molecule has 1 heterocycles. The second-order valence-corrected chi connectivity index (χ2v) is 5.54. The summed E-state index contributed by atoms with van der Waals surface area (Å²) in [6.07, 6.45) is 4.49. The zero-order valence-corrected chi connectivity index (χ0v) is 10.3. The molecule has 0 saturated heterocycles. The Labute approximate surface area is 101 Å². The summed E-state index contributed by atoms with van der Waals surface area (Å²) in [5, 5.41) is 9.04. The Bertz CT molecular complexity index is 395. The van der Waals surface area contributed by atoms with Gasteiger partial charge in [0.05, 0.1) is 12.7 Å². The minimum atomic E-state index is -0.764. The van der Waals surface area contributed by atoms with E-state index in [4.69, 9.17) is 15.6 Å². The van der Waals surface area contributed by atoms with Gasteiger partial charge in [-0.15, -0.1) is 0 Å². The largest absolute Gasteiger partial charge is 0.497 e. The van der Waals surface area contributed by atoms with E-state index in [2.05, 4.69) is 13.8 Å². The number of aliphatic carboxylic acids is 1. The monoisotopic (exact) mass is 237 g/mol. The Morgan fingerprint density at radius 2 is 2.35 bits per heavy atom. The van der Waals surface area contributed by atoms with E-state index >= 15 is 0 Å². The third-order valence-corrected chi connectivity index (χ3v) is 3.84. The molecule has 4 heteroatoms. The molecule has 0 fully saturated rings. The summed E-state index contributed by atoms with van der Waals surface area (Å²) in [6, 6.07) is -0.00908. The minimum Gasteiger partial charge on any atom is -0.497 e. The number of rotatable bonds is 2. The first-order valence-electron chi connectivity index (χ1n) is 5.90. The van der Waals surface area contributed by atoms with Crippen LogP contribution in [0.15, 0.2) is 23.5 Å². The van der Waals surface area contributed by atoms with E-state index in [9.17, 15) is 4.79 Å². The SMILES string of the molecule is CC1(C)CC(N)C2=C(COC=C2)C1CC(=O)O. The molecule has 0 bridgehead atoms. The molecule has 94 valence electrons. The number of carbonyl (C=O) groups is 1. The standard InChI is InChI=1S/C13H19NO3/c1-13(2)6-11(14)8-3-4-17-7-9(8)10(13)5-12(15)16/h3-4,10-11H,5-7,14H2,1-2H3,(H,15,16). The second-order valence-electron chi connectivity index (χ2n) is 5.54. The third kappa shape index (κ3) is 2.22. The van der Waals surface area contributed by atoms with Gasteiger partial charge in [-0.3, -0.25) is 4.79 Å². The van der Waals surface area contributed by atoms with E-state index in [-0.39, 0.29) is 23.8 Å². The summed E-state index contributed by atoms with van der Waals surface area (Å²) in [7, 11) is 0. The maximum absolute atomic E-state index is 11.0. The van der Waals surface area contributed by atoms with E-state index in [0.29, 0.717) is 6.61 Å². The van der Waals surface area contributed by atoms with Crippen LogP contribution in [-0.4, -0.2) is 23.7 Å². The lowest BCUT2D eigenvalue weighted by molar-refractivity contribution is -0.139. The summed E-state index contributed by atoms with van der Waals surface area (Å²) in [5.41, 5.74) is 8.19. The van der Waals surface area contributed by atoms with Crippen molar-refractivity contribution in [1.82, 2.24) is 0 Å². The van der Waals surface area contributed by atoms with Crippen LogP contribution in [0.3, 0.4) is 0 Å². The van der Waals surface area contributed by atoms with Gasteiger partial charge >= 0.3 is 5.97 Å². The first-order chi connectivity index (χ1) is 7.92. The Hall–Kier alpha value is -1.29. The van der Waals surface area contributed by atoms with Crippen molar-refractivity contribution >= 4 is 5.97 Å². The van der Waals surface area contributed by atoms with Gasteiger partial charge in [0, 0.05) is 6.04 Å². The van der Waals surface area contributed by atoms with Crippen LogP contribution in [0.5, 0.6) is 0 Å². The Morgan fingerprint density at radius 3 is 3.00 bits per heavy atom. The van der Waals surface area contributed by atoms with Crippen LogP contribution < -0.4 is 5.73 Å². The molecular formula is C13H19NO3. The third-order valence-electron chi connectivity index (χ3n) is 3.84. The maximum atomic E-state index is 11.0. The van der Waals surface area contributed by atoms with Crippen LogP contribution in [0.4, 0.5) is 0 Å². The predicted octanol–water partition coefficient (Wildman–Crippen LogP) is 1.68. The van der Waals surface area contributed by atoms with E-state index in [1.807, 2.05) is 6.08 Å². The van der Waals surface area contributed by atoms with Crippen molar-refractivity contribution in [3.05, 3.63) is 23.5 Å². The van der Waals surface area contributed by atoms with Gasteiger partial charge in [-0.2, -0.15) is 0 Å². The summed E-state index contributed by atoms with van der Waals surface area (Å²) in [4.78, 5) is 11.0. The van der Waals surface area contributed by atoms with Crippen molar-refractivity contribution in [3.63, 3.8) is 0 Å². The topological polar surface area (TPSA) is 72.5 Å². The van der Waals surface area contributed by atoms with Crippen LogP contribution >= 0.6 is 0 Å². The van der Waals surface area contributed by atoms with Crippen LogP contribution in [-0.2, 0) is 9.53 Å². The van der Waals surface area contributed by atoms with Crippen LogP contribution in [0.1, 0.15) is 26.7 Å². The van der Waals surface area contributed by atoms with Gasteiger partial charge in [-0.05, 0) is 35.0 Å². The van der Waals surface area contributed by atoms with Gasteiger partial charge in [0.1, 0.15) is 6.61 Å². The molecule has 0 saturated carbocycles. The highest BCUT2D eigenvalue weighted by atomic mass is 16.5. The van der Waals surface area contributed by atoms with E-state index in [1.54, 1.807) is 6.26 Å². The molecule has 17 heavy (non-hydrogen) atoms. The number of carboxylic acids is 1. The highest BCUT2D eigenvalue weighted by Crippen LogP contribution is 2.46. The Balaban J connectivity index is 2.40. The summed E-state index contributed by atoms with van der Waals surface area (Å²) in [5.74, 6) is -0.750. The fourth-order valence-electron chi connectivity index (χ4n) is 2.98. The van der Waals surface area contributed by atoms with Gasteiger partial charge in [0.25, 0.3) is 0 Å². The Kier molecular flexibility index (Phi) is 3.00. The minimum absolute atomic E-state index is 0.00908. The molecular weight excluding hydrogens is 218 g/mol. The molecule has 2 unspecified atom stereocenters. The molecule has 0 radical (unpaired) electrons. The van der Waals surface area contributed by atoms with Gasteiger partial charge in [-0.25, -0.2) is 0 Å².